The highest BCUT2D eigenvalue weighted by Crippen LogP contribution is 2.36. The van der Waals surface area contributed by atoms with Gasteiger partial charge in [-0.3, -0.25) is 14.9 Å². The molecule has 0 aliphatic heterocycles. The molecule has 1 aliphatic rings. The van der Waals surface area contributed by atoms with Crippen molar-refractivity contribution in [3.63, 3.8) is 0 Å². The summed E-state index contributed by atoms with van der Waals surface area (Å²) in [5, 5.41) is 20.8. The molecular weight excluding hydrogens is 320 g/mol. The van der Waals surface area contributed by atoms with Gasteiger partial charge in [0.1, 0.15) is 0 Å². The van der Waals surface area contributed by atoms with Gasteiger partial charge in [0.2, 0.25) is 0 Å². The molecule has 1 saturated carbocycles. The third-order valence-corrected chi connectivity index (χ3v) is 4.51. The molecule has 25 heavy (non-hydrogen) atoms. The van der Waals surface area contributed by atoms with Crippen molar-refractivity contribution >= 4 is 11.6 Å². The Bertz CT molecular complexity index is 759. The van der Waals surface area contributed by atoms with Crippen LogP contribution in [-0.2, 0) is 6.54 Å². The monoisotopic (exact) mass is 340 g/mol. The Hall–Kier alpha value is -2.73. The van der Waals surface area contributed by atoms with E-state index < -0.39 is 4.92 Å². The zero-order valence-corrected chi connectivity index (χ0v) is 13.7. The Morgan fingerprint density at radius 1 is 1.20 bits per heavy atom. The molecule has 1 aliphatic carbocycles. The first-order valence-corrected chi connectivity index (χ1v) is 8.30. The normalized spacial score (nSPS) is 14.8. The number of aliphatic hydroxyl groups excluding tert-OH is 1. The maximum atomic E-state index is 13.0. The standard InChI is InChI=1S/C19H20N2O4/c22-13-18(15-9-10-15)20(12-14-5-2-1-3-6-14)19(23)16-7-4-8-17(11-16)21(24)25/h1-8,11,15,18,22H,9-10,12-13H2. The highest BCUT2D eigenvalue weighted by molar-refractivity contribution is 5.95. The molecule has 0 bridgehead atoms. The van der Waals surface area contributed by atoms with Crippen LogP contribution >= 0.6 is 0 Å². The minimum atomic E-state index is -0.511. The Morgan fingerprint density at radius 2 is 1.92 bits per heavy atom. The van der Waals surface area contributed by atoms with Gasteiger partial charge in [-0.25, -0.2) is 0 Å². The van der Waals surface area contributed by atoms with Crippen LogP contribution in [0.5, 0.6) is 0 Å². The lowest BCUT2D eigenvalue weighted by Gasteiger charge is -2.31. The molecule has 1 unspecified atom stereocenters. The average molecular weight is 340 g/mol. The SMILES string of the molecule is O=C(c1cccc([N+](=O)[O-])c1)N(Cc1ccccc1)C(CO)C1CC1. The van der Waals surface area contributed by atoms with Gasteiger partial charge in [-0.2, -0.15) is 0 Å². The largest absolute Gasteiger partial charge is 0.394 e. The Labute approximate surface area is 145 Å². The zero-order chi connectivity index (χ0) is 17.8. The van der Waals surface area contributed by atoms with E-state index in [-0.39, 0.29) is 35.7 Å². The van der Waals surface area contributed by atoms with E-state index in [0.29, 0.717) is 6.54 Å². The van der Waals surface area contributed by atoms with Crippen LogP contribution in [-0.4, -0.2) is 33.5 Å². The molecule has 6 heteroatoms. The van der Waals surface area contributed by atoms with E-state index in [9.17, 15) is 20.0 Å². The number of aliphatic hydroxyl groups is 1. The third-order valence-electron chi connectivity index (χ3n) is 4.51. The highest BCUT2D eigenvalue weighted by Gasteiger charge is 2.37. The number of carbonyl (C=O) groups excluding carboxylic acids is 1. The molecule has 0 heterocycles. The first-order chi connectivity index (χ1) is 12.1. The van der Waals surface area contributed by atoms with E-state index in [0.717, 1.165) is 18.4 Å². The second kappa shape index (κ2) is 7.44. The number of nitro groups is 1. The summed E-state index contributed by atoms with van der Waals surface area (Å²) in [5.74, 6) is -0.00476. The fourth-order valence-electron chi connectivity index (χ4n) is 3.02. The summed E-state index contributed by atoms with van der Waals surface area (Å²) in [6.07, 6.45) is 1.97. The van der Waals surface area contributed by atoms with Crippen molar-refractivity contribution in [2.45, 2.75) is 25.4 Å². The van der Waals surface area contributed by atoms with Crippen LogP contribution < -0.4 is 0 Å². The smallest absolute Gasteiger partial charge is 0.270 e. The molecule has 130 valence electrons. The average Bonchev–Trinajstić information content (AvgIpc) is 3.47. The summed E-state index contributed by atoms with van der Waals surface area (Å²) < 4.78 is 0. The van der Waals surface area contributed by atoms with E-state index >= 15 is 0 Å². The van der Waals surface area contributed by atoms with Crippen molar-refractivity contribution in [3.05, 3.63) is 75.8 Å². The van der Waals surface area contributed by atoms with Crippen molar-refractivity contribution in [1.29, 1.82) is 0 Å². The molecule has 2 aromatic rings. The summed E-state index contributed by atoms with van der Waals surface area (Å²) in [6.45, 7) is 0.252. The van der Waals surface area contributed by atoms with E-state index in [1.54, 1.807) is 11.0 Å². The number of hydrogen-bond donors (Lipinski definition) is 1. The van der Waals surface area contributed by atoms with Crippen LogP contribution in [0.1, 0.15) is 28.8 Å². The maximum Gasteiger partial charge on any atom is 0.270 e. The summed E-state index contributed by atoms with van der Waals surface area (Å²) in [7, 11) is 0. The molecule has 6 nitrogen and oxygen atoms in total. The Kier molecular flexibility index (Phi) is 5.09. The molecule has 0 aromatic heterocycles. The van der Waals surface area contributed by atoms with Crippen LogP contribution in [0.25, 0.3) is 0 Å². The molecule has 1 fully saturated rings. The van der Waals surface area contributed by atoms with E-state index in [4.69, 9.17) is 0 Å². The fraction of sp³-hybridized carbons (Fsp3) is 0.316. The minimum Gasteiger partial charge on any atom is -0.394 e. The Balaban J connectivity index is 1.91. The van der Waals surface area contributed by atoms with Crippen molar-refractivity contribution in [2.24, 2.45) is 5.92 Å². The zero-order valence-electron chi connectivity index (χ0n) is 13.7. The highest BCUT2D eigenvalue weighted by atomic mass is 16.6. The van der Waals surface area contributed by atoms with Gasteiger partial charge < -0.3 is 10.0 Å². The molecular formula is C19H20N2O4. The lowest BCUT2D eigenvalue weighted by molar-refractivity contribution is -0.384. The molecule has 1 N–H and O–H groups in total. The predicted octanol–water partition coefficient (Wildman–Crippen LogP) is 3.01. The number of non-ortho nitro benzene ring substituents is 1. The molecule has 1 atom stereocenters. The minimum absolute atomic E-state index is 0.113. The van der Waals surface area contributed by atoms with Crippen LogP contribution in [0.4, 0.5) is 5.69 Å². The van der Waals surface area contributed by atoms with Crippen molar-refractivity contribution in [2.75, 3.05) is 6.61 Å². The van der Waals surface area contributed by atoms with Gasteiger partial charge in [0.15, 0.2) is 0 Å². The molecule has 3 rings (SSSR count). The van der Waals surface area contributed by atoms with E-state index in [1.165, 1.54) is 18.2 Å². The lowest BCUT2D eigenvalue weighted by atomic mass is 10.1. The first kappa shape index (κ1) is 17.1. The number of benzene rings is 2. The van der Waals surface area contributed by atoms with Gasteiger partial charge >= 0.3 is 0 Å². The van der Waals surface area contributed by atoms with E-state index in [2.05, 4.69) is 0 Å². The lowest BCUT2D eigenvalue weighted by Crippen LogP contribution is -2.43. The second-order valence-corrected chi connectivity index (χ2v) is 6.31. The second-order valence-electron chi connectivity index (χ2n) is 6.31. The summed E-state index contributed by atoms with van der Waals surface area (Å²) >= 11 is 0. The molecule has 0 radical (unpaired) electrons. The van der Waals surface area contributed by atoms with Gasteiger partial charge in [0.05, 0.1) is 17.6 Å². The van der Waals surface area contributed by atoms with E-state index in [1.807, 2.05) is 30.3 Å². The number of nitrogens with zero attached hydrogens (tertiary/aromatic N) is 2. The number of amides is 1. The van der Waals surface area contributed by atoms with Crippen LogP contribution in [0.15, 0.2) is 54.6 Å². The van der Waals surface area contributed by atoms with Crippen LogP contribution in [0.2, 0.25) is 0 Å². The summed E-state index contributed by atoms with van der Waals surface area (Å²) in [6, 6.07) is 15.0. The number of rotatable bonds is 7. The molecule has 2 aromatic carbocycles. The van der Waals surface area contributed by atoms with Crippen molar-refractivity contribution < 1.29 is 14.8 Å². The quantitative estimate of drug-likeness (QED) is 0.620. The van der Waals surface area contributed by atoms with Gasteiger partial charge in [-0.15, -0.1) is 0 Å². The predicted molar refractivity (Wildman–Crippen MR) is 93.0 cm³/mol. The summed E-state index contributed by atoms with van der Waals surface area (Å²) in [4.78, 5) is 25.2. The maximum absolute atomic E-state index is 13.0. The van der Waals surface area contributed by atoms with Crippen LogP contribution in [0.3, 0.4) is 0 Å². The van der Waals surface area contributed by atoms with Gasteiger partial charge in [-0.1, -0.05) is 36.4 Å². The van der Waals surface area contributed by atoms with Crippen LogP contribution in [0, 0.1) is 16.0 Å². The van der Waals surface area contributed by atoms with Crippen molar-refractivity contribution in [3.8, 4) is 0 Å². The number of carbonyl (C=O) groups is 1. The first-order valence-electron chi connectivity index (χ1n) is 8.30. The molecule has 1 amide bonds. The Morgan fingerprint density at radius 3 is 2.52 bits per heavy atom. The van der Waals surface area contributed by atoms with Gasteiger partial charge in [0.25, 0.3) is 11.6 Å². The van der Waals surface area contributed by atoms with Gasteiger partial charge in [0, 0.05) is 24.2 Å². The van der Waals surface area contributed by atoms with Gasteiger partial charge in [-0.05, 0) is 30.4 Å². The topological polar surface area (TPSA) is 83.7 Å². The molecule has 0 spiro atoms. The molecule has 0 saturated heterocycles. The summed E-state index contributed by atoms with van der Waals surface area (Å²) in [5.41, 5.74) is 1.11. The number of hydrogen-bond acceptors (Lipinski definition) is 4. The van der Waals surface area contributed by atoms with Crippen molar-refractivity contribution in [1.82, 2.24) is 4.90 Å². The third kappa shape index (κ3) is 4.03. The number of nitro benzene ring substituents is 1. The fourth-order valence-corrected chi connectivity index (χ4v) is 3.02.